The predicted molar refractivity (Wildman–Crippen MR) is 89.0 cm³/mol. The Bertz CT molecular complexity index is 562. The smallest absolute Gasteiger partial charge is 0.260 e. The first-order valence-electron chi connectivity index (χ1n) is 7.91. The van der Waals surface area contributed by atoms with Gasteiger partial charge in [0.05, 0.1) is 11.2 Å². The maximum absolute atomic E-state index is 12.1. The third-order valence-electron chi connectivity index (χ3n) is 3.58. The fourth-order valence-corrected chi connectivity index (χ4v) is 2.02. The molecule has 0 heterocycles. The molecule has 5 nitrogen and oxygen atoms in total. The highest BCUT2D eigenvalue weighted by Crippen LogP contribution is 2.18. The van der Waals surface area contributed by atoms with Crippen LogP contribution in [0.4, 0.5) is 0 Å². The minimum Gasteiger partial charge on any atom is -0.480 e. The first-order chi connectivity index (χ1) is 10.7. The Morgan fingerprint density at radius 1 is 1.39 bits per heavy atom. The van der Waals surface area contributed by atoms with E-state index in [1.54, 1.807) is 38.1 Å². The molecule has 2 N–H and O–H groups in total. The molecule has 0 aliphatic heterocycles. The highest BCUT2D eigenvalue weighted by Gasteiger charge is 2.23. The van der Waals surface area contributed by atoms with Crippen LogP contribution in [0.25, 0.3) is 0 Å². The predicted octanol–water partition coefficient (Wildman–Crippen LogP) is 2.63. The van der Waals surface area contributed by atoms with Crippen molar-refractivity contribution in [2.75, 3.05) is 6.54 Å². The second-order valence-corrected chi connectivity index (χ2v) is 6.52. The lowest BCUT2D eigenvalue weighted by atomic mass is 9.95. The number of benzene rings is 1. The maximum atomic E-state index is 12.1. The standard InChI is InChI=1S/C18H26N2O3/c1-13(2)9-10-18(4,22)12-20-17(21)14(3)23-16-8-6-5-7-15(16)11-19/h5-8,13-14,22H,9-10,12H2,1-4H3,(H,20,21). The van der Waals surface area contributed by atoms with Crippen molar-refractivity contribution in [3.63, 3.8) is 0 Å². The van der Waals surface area contributed by atoms with Crippen molar-refractivity contribution in [2.45, 2.75) is 52.2 Å². The summed E-state index contributed by atoms with van der Waals surface area (Å²) in [5.74, 6) is 0.564. The average molecular weight is 318 g/mol. The zero-order chi connectivity index (χ0) is 17.5. The number of amides is 1. The summed E-state index contributed by atoms with van der Waals surface area (Å²) in [5.41, 5.74) is -0.555. The van der Waals surface area contributed by atoms with Crippen molar-refractivity contribution in [3.05, 3.63) is 29.8 Å². The normalized spacial score (nSPS) is 14.7. The van der Waals surface area contributed by atoms with Crippen LogP contribution < -0.4 is 10.1 Å². The molecule has 1 amide bonds. The number of aliphatic hydroxyl groups is 1. The van der Waals surface area contributed by atoms with Gasteiger partial charge in [0.2, 0.25) is 0 Å². The van der Waals surface area contributed by atoms with Crippen molar-refractivity contribution in [2.24, 2.45) is 5.92 Å². The maximum Gasteiger partial charge on any atom is 0.260 e. The molecule has 1 aromatic rings. The Morgan fingerprint density at radius 3 is 2.65 bits per heavy atom. The summed E-state index contributed by atoms with van der Waals surface area (Å²) in [6, 6.07) is 8.80. The van der Waals surface area contributed by atoms with Gasteiger partial charge in [-0.3, -0.25) is 4.79 Å². The number of para-hydroxylation sites is 1. The van der Waals surface area contributed by atoms with E-state index in [0.29, 0.717) is 23.7 Å². The molecule has 0 bridgehead atoms. The van der Waals surface area contributed by atoms with Gasteiger partial charge in [-0.25, -0.2) is 0 Å². The molecule has 2 atom stereocenters. The van der Waals surface area contributed by atoms with Crippen LogP contribution in [0.2, 0.25) is 0 Å². The molecule has 1 aromatic carbocycles. The number of hydrogen-bond acceptors (Lipinski definition) is 4. The topological polar surface area (TPSA) is 82.3 Å². The van der Waals surface area contributed by atoms with Gasteiger partial charge in [-0.05, 0) is 44.7 Å². The van der Waals surface area contributed by atoms with Gasteiger partial charge in [0.15, 0.2) is 6.10 Å². The van der Waals surface area contributed by atoms with Gasteiger partial charge in [-0.15, -0.1) is 0 Å². The van der Waals surface area contributed by atoms with E-state index in [4.69, 9.17) is 10.00 Å². The Hall–Kier alpha value is -2.06. The molecule has 0 aromatic heterocycles. The molecule has 0 radical (unpaired) electrons. The lowest BCUT2D eigenvalue weighted by molar-refractivity contribution is -0.128. The van der Waals surface area contributed by atoms with Crippen LogP contribution >= 0.6 is 0 Å². The Balaban J connectivity index is 2.53. The summed E-state index contributed by atoms with van der Waals surface area (Å²) < 4.78 is 5.55. The second kappa shape index (κ2) is 8.54. The molecule has 0 aliphatic carbocycles. The van der Waals surface area contributed by atoms with E-state index in [2.05, 4.69) is 19.2 Å². The number of nitriles is 1. The Kier molecular flexibility index (Phi) is 7.05. The molecule has 23 heavy (non-hydrogen) atoms. The molecule has 0 spiro atoms. The summed E-state index contributed by atoms with van der Waals surface area (Å²) in [6.07, 6.45) is 0.771. The zero-order valence-corrected chi connectivity index (χ0v) is 14.3. The lowest BCUT2D eigenvalue weighted by Crippen LogP contribution is -2.45. The summed E-state index contributed by atoms with van der Waals surface area (Å²) in [7, 11) is 0. The van der Waals surface area contributed by atoms with Gasteiger partial charge in [-0.1, -0.05) is 26.0 Å². The first-order valence-corrected chi connectivity index (χ1v) is 7.91. The fraction of sp³-hybridized carbons (Fsp3) is 0.556. The summed E-state index contributed by atoms with van der Waals surface area (Å²) >= 11 is 0. The number of carbonyl (C=O) groups is 1. The number of carbonyl (C=O) groups excluding carboxylic acids is 1. The molecule has 126 valence electrons. The van der Waals surface area contributed by atoms with Gasteiger partial charge < -0.3 is 15.2 Å². The largest absolute Gasteiger partial charge is 0.480 e. The van der Waals surface area contributed by atoms with E-state index in [1.807, 2.05) is 6.07 Å². The van der Waals surface area contributed by atoms with Crippen LogP contribution in [0.5, 0.6) is 5.75 Å². The molecule has 0 saturated carbocycles. The van der Waals surface area contributed by atoms with Crippen molar-refractivity contribution in [3.8, 4) is 11.8 Å². The number of rotatable bonds is 8. The van der Waals surface area contributed by atoms with Gasteiger partial charge in [0, 0.05) is 6.54 Å². The monoisotopic (exact) mass is 318 g/mol. The van der Waals surface area contributed by atoms with Crippen LogP contribution in [-0.2, 0) is 4.79 Å². The number of hydrogen-bond donors (Lipinski definition) is 2. The molecule has 1 rings (SSSR count). The number of ether oxygens (including phenoxy) is 1. The first kappa shape index (κ1) is 19.0. The highest BCUT2D eigenvalue weighted by atomic mass is 16.5. The van der Waals surface area contributed by atoms with E-state index in [-0.39, 0.29) is 12.5 Å². The second-order valence-electron chi connectivity index (χ2n) is 6.52. The summed E-state index contributed by atoms with van der Waals surface area (Å²) in [4.78, 5) is 12.1. The highest BCUT2D eigenvalue weighted by molar-refractivity contribution is 5.80. The van der Waals surface area contributed by atoms with Gasteiger partial charge in [0.25, 0.3) is 5.91 Å². The molecular weight excluding hydrogens is 292 g/mol. The van der Waals surface area contributed by atoms with Crippen LogP contribution in [0.3, 0.4) is 0 Å². The lowest BCUT2D eigenvalue weighted by Gasteiger charge is -2.25. The van der Waals surface area contributed by atoms with Crippen LogP contribution in [0, 0.1) is 17.2 Å². The van der Waals surface area contributed by atoms with Crippen LogP contribution in [-0.4, -0.2) is 29.3 Å². The quantitative estimate of drug-likeness (QED) is 0.772. The van der Waals surface area contributed by atoms with E-state index in [0.717, 1.165) is 6.42 Å². The zero-order valence-electron chi connectivity index (χ0n) is 14.3. The van der Waals surface area contributed by atoms with Crippen molar-refractivity contribution in [1.29, 1.82) is 5.26 Å². The van der Waals surface area contributed by atoms with Crippen LogP contribution in [0.15, 0.2) is 24.3 Å². The van der Waals surface area contributed by atoms with E-state index >= 15 is 0 Å². The minimum absolute atomic E-state index is 0.173. The average Bonchev–Trinajstić information content (AvgIpc) is 2.51. The molecular formula is C18H26N2O3. The van der Waals surface area contributed by atoms with E-state index in [1.165, 1.54) is 0 Å². The van der Waals surface area contributed by atoms with E-state index < -0.39 is 11.7 Å². The van der Waals surface area contributed by atoms with E-state index in [9.17, 15) is 9.90 Å². The molecule has 0 saturated heterocycles. The molecule has 5 heteroatoms. The number of nitrogens with one attached hydrogen (secondary N) is 1. The van der Waals surface area contributed by atoms with Gasteiger partial charge in [0.1, 0.15) is 11.8 Å². The summed E-state index contributed by atoms with van der Waals surface area (Å²) in [5, 5.41) is 22.0. The van der Waals surface area contributed by atoms with Gasteiger partial charge >= 0.3 is 0 Å². The van der Waals surface area contributed by atoms with Crippen molar-refractivity contribution < 1.29 is 14.6 Å². The number of nitrogens with zero attached hydrogens (tertiary/aromatic N) is 1. The van der Waals surface area contributed by atoms with Gasteiger partial charge in [-0.2, -0.15) is 5.26 Å². The SMILES string of the molecule is CC(C)CCC(C)(O)CNC(=O)C(C)Oc1ccccc1C#N. The third kappa shape index (κ3) is 6.70. The third-order valence-corrected chi connectivity index (χ3v) is 3.58. The van der Waals surface area contributed by atoms with Crippen molar-refractivity contribution in [1.82, 2.24) is 5.32 Å². The molecule has 0 fully saturated rings. The minimum atomic E-state index is -0.940. The van der Waals surface area contributed by atoms with Crippen LogP contribution in [0.1, 0.15) is 46.1 Å². The Labute approximate surface area is 138 Å². The Morgan fingerprint density at radius 2 is 2.04 bits per heavy atom. The fourth-order valence-electron chi connectivity index (χ4n) is 2.02. The molecule has 2 unspecified atom stereocenters. The summed E-state index contributed by atoms with van der Waals surface area (Å²) in [6.45, 7) is 7.69. The molecule has 0 aliphatic rings. The van der Waals surface area contributed by atoms with Crippen molar-refractivity contribution >= 4 is 5.91 Å².